The lowest BCUT2D eigenvalue weighted by molar-refractivity contribution is -0.130. The summed E-state index contributed by atoms with van der Waals surface area (Å²) in [7, 11) is 0. The third kappa shape index (κ3) is 4.93. The van der Waals surface area contributed by atoms with Crippen molar-refractivity contribution >= 4 is 5.91 Å². The minimum Gasteiger partial charge on any atom is -0.332 e. The van der Waals surface area contributed by atoms with Crippen molar-refractivity contribution in [3.05, 3.63) is 0 Å². The van der Waals surface area contributed by atoms with E-state index in [1.54, 1.807) is 4.90 Å². The molecule has 0 aromatic carbocycles. The molecule has 0 saturated carbocycles. The van der Waals surface area contributed by atoms with Gasteiger partial charge in [0.2, 0.25) is 5.91 Å². The van der Waals surface area contributed by atoms with E-state index in [1.807, 2.05) is 6.92 Å². The third-order valence-electron chi connectivity index (χ3n) is 1.61. The predicted octanol–water partition coefficient (Wildman–Crippen LogP) is 1.27. The van der Waals surface area contributed by atoms with E-state index in [2.05, 4.69) is 11.8 Å². The van der Waals surface area contributed by atoms with Gasteiger partial charge in [-0.2, -0.15) is 0 Å². The van der Waals surface area contributed by atoms with Crippen molar-refractivity contribution in [2.45, 2.75) is 26.2 Å². The van der Waals surface area contributed by atoms with Crippen molar-refractivity contribution in [3.63, 3.8) is 0 Å². The van der Waals surface area contributed by atoms with Gasteiger partial charge in [-0.05, 0) is 6.42 Å². The largest absolute Gasteiger partial charge is 0.332 e. The fourth-order valence-electron chi connectivity index (χ4n) is 1.01. The molecule has 2 nitrogen and oxygen atoms in total. The molecule has 0 aliphatic rings. The quantitative estimate of drug-likeness (QED) is 0.579. The summed E-state index contributed by atoms with van der Waals surface area (Å²) in [5, 5.41) is 0. The molecule has 0 atom stereocenters. The Labute approximate surface area is 80.3 Å². The first kappa shape index (κ1) is 11.6. The molecule has 0 N–H and O–H groups in total. The Morgan fingerprint density at radius 1 is 1.38 bits per heavy atom. The molecule has 0 spiro atoms. The highest BCUT2D eigenvalue weighted by Crippen LogP contribution is 1.98. The van der Waals surface area contributed by atoms with E-state index in [1.165, 1.54) is 0 Å². The van der Waals surface area contributed by atoms with E-state index >= 15 is 0 Å². The van der Waals surface area contributed by atoms with Crippen LogP contribution in [-0.4, -0.2) is 23.9 Å². The SMILES string of the molecule is C#CCCC(=O)N(CC#C)CCC. The maximum atomic E-state index is 11.4. The van der Waals surface area contributed by atoms with Crippen molar-refractivity contribution in [3.8, 4) is 24.7 Å². The van der Waals surface area contributed by atoms with Crippen molar-refractivity contribution in [2.24, 2.45) is 0 Å². The maximum absolute atomic E-state index is 11.4. The van der Waals surface area contributed by atoms with Crippen LogP contribution >= 0.6 is 0 Å². The van der Waals surface area contributed by atoms with Gasteiger partial charge in [0.05, 0.1) is 6.54 Å². The van der Waals surface area contributed by atoms with Gasteiger partial charge in [0, 0.05) is 19.4 Å². The number of rotatable bonds is 5. The normalized spacial score (nSPS) is 8.54. The summed E-state index contributed by atoms with van der Waals surface area (Å²) in [6, 6.07) is 0. The van der Waals surface area contributed by atoms with Crippen LogP contribution in [0.25, 0.3) is 0 Å². The monoisotopic (exact) mass is 177 g/mol. The first-order chi connectivity index (χ1) is 6.26. The first-order valence-corrected chi connectivity index (χ1v) is 4.41. The van der Waals surface area contributed by atoms with E-state index in [4.69, 9.17) is 12.8 Å². The Kier molecular flexibility index (Phi) is 6.46. The van der Waals surface area contributed by atoms with Gasteiger partial charge >= 0.3 is 0 Å². The highest BCUT2D eigenvalue weighted by Gasteiger charge is 2.09. The summed E-state index contributed by atoms with van der Waals surface area (Å²) in [4.78, 5) is 13.1. The van der Waals surface area contributed by atoms with Crippen LogP contribution in [-0.2, 0) is 4.79 Å². The smallest absolute Gasteiger partial charge is 0.224 e. The Bertz CT molecular complexity index is 231. The molecule has 0 aliphatic heterocycles. The summed E-state index contributed by atoms with van der Waals surface area (Å²) in [5.41, 5.74) is 0. The third-order valence-corrected chi connectivity index (χ3v) is 1.61. The van der Waals surface area contributed by atoms with Crippen molar-refractivity contribution in [1.29, 1.82) is 0 Å². The van der Waals surface area contributed by atoms with Crippen LogP contribution in [0.15, 0.2) is 0 Å². The lowest BCUT2D eigenvalue weighted by Crippen LogP contribution is -2.31. The molecule has 0 aromatic heterocycles. The van der Waals surface area contributed by atoms with Gasteiger partial charge in [-0.1, -0.05) is 12.8 Å². The molecule has 0 saturated heterocycles. The molecular weight excluding hydrogens is 162 g/mol. The molecule has 0 aromatic rings. The Morgan fingerprint density at radius 2 is 2.08 bits per heavy atom. The summed E-state index contributed by atoms with van der Waals surface area (Å²) >= 11 is 0. The number of nitrogens with zero attached hydrogens (tertiary/aromatic N) is 1. The fourth-order valence-corrected chi connectivity index (χ4v) is 1.01. The van der Waals surface area contributed by atoms with Crippen LogP contribution in [0.1, 0.15) is 26.2 Å². The molecule has 0 bridgehead atoms. The summed E-state index contributed by atoms with van der Waals surface area (Å²) < 4.78 is 0. The Balaban J connectivity index is 3.98. The van der Waals surface area contributed by atoms with E-state index in [-0.39, 0.29) is 5.91 Å². The molecule has 0 fully saturated rings. The highest BCUT2D eigenvalue weighted by atomic mass is 16.2. The topological polar surface area (TPSA) is 20.3 Å². The molecule has 0 aliphatic carbocycles. The van der Waals surface area contributed by atoms with E-state index in [9.17, 15) is 4.79 Å². The minimum absolute atomic E-state index is 0.0535. The van der Waals surface area contributed by atoms with Gasteiger partial charge in [0.15, 0.2) is 0 Å². The van der Waals surface area contributed by atoms with Gasteiger partial charge in [-0.3, -0.25) is 4.79 Å². The zero-order valence-electron chi connectivity index (χ0n) is 8.05. The first-order valence-electron chi connectivity index (χ1n) is 4.41. The Hall–Kier alpha value is -1.41. The number of carbonyl (C=O) groups excluding carboxylic acids is 1. The standard InChI is InChI=1S/C11H15NO/c1-4-7-8-11(13)12(9-5-2)10-6-3/h1-2H,6-10H2,3H3. The lowest BCUT2D eigenvalue weighted by Gasteiger charge is -2.18. The van der Waals surface area contributed by atoms with Crippen LogP contribution < -0.4 is 0 Å². The number of hydrogen-bond donors (Lipinski definition) is 0. The number of hydrogen-bond acceptors (Lipinski definition) is 1. The average molecular weight is 177 g/mol. The fraction of sp³-hybridized carbons (Fsp3) is 0.545. The second kappa shape index (κ2) is 7.25. The number of amides is 1. The molecule has 2 heteroatoms. The van der Waals surface area contributed by atoms with Crippen LogP contribution in [0.3, 0.4) is 0 Å². The number of carbonyl (C=O) groups is 1. The molecule has 0 radical (unpaired) electrons. The van der Waals surface area contributed by atoms with Crippen LogP contribution in [0.5, 0.6) is 0 Å². The van der Waals surface area contributed by atoms with E-state index in [0.717, 1.165) is 6.42 Å². The Morgan fingerprint density at radius 3 is 2.54 bits per heavy atom. The minimum atomic E-state index is 0.0535. The van der Waals surface area contributed by atoms with Gasteiger partial charge < -0.3 is 4.90 Å². The van der Waals surface area contributed by atoms with Gasteiger partial charge in [-0.15, -0.1) is 18.8 Å². The van der Waals surface area contributed by atoms with Crippen LogP contribution in [0.2, 0.25) is 0 Å². The molecule has 0 unspecified atom stereocenters. The van der Waals surface area contributed by atoms with Crippen LogP contribution in [0, 0.1) is 24.7 Å². The van der Waals surface area contributed by atoms with Crippen LogP contribution in [0.4, 0.5) is 0 Å². The zero-order chi connectivity index (χ0) is 10.1. The van der Waals surface area contributed by atoms with Crippen molar-refractivity contribution in [2.75, 3.05) is 13.1 Å². The second-order valence-corrected chi connectivity index (χ2v) is 2.72. The van der Waals surface area contributed by atoms with E-state index in [0.29, 0.717) is 25.9 Å². The summed E-state index contributed by atoms with van der Waals surface area (Å²) in [5.74, 6) is 4.96. The maximum Gasteiger partial charge on any atom is 0.224 e. The summed E-state index contributed by atoms with van der Waals surface area (Å²) in [6.45, 7) is 3.11. The van der Waals surface area contributed by atoms with Crippen molar-refractivity contribution in [1.82, 2.24) is 4.90 Å². The van der Waals surface area contributed by atoms with Gasteiger partial charge in [-0.25, -0.2) is 0 Å². The summed E-state index contributed by atoms with van der Waals surface area (Å²) in [6.07, 6.45) is 12.0. The molecule has 1 amide bonds. The van der Waals surface area contributed by atoms with Crippen molar-refractivity contribution < 1.29 is 4.79 Å². The van der Waals surface area contributed by atoms with E-state index < -0.39 is 0 Å². The molecular formula is C11H15NO. The van der Waals surface area contributed by atoms with Gasteiger partial charge in [0.25, 0.3) is 0 Å². The molecule has 0 rings (SSSR count). The molecule has 13 heavy (non-hydrogen) atoms. The molecule has 70 valence electrons. The lowest BCUT2D eigenvalue weighted by atomic mass is 10.2. The van der Waals surface area contributed by atoms with Gasteiger partial charge in [0.1, 0.15) is 0 Å². The predicted molar refractivity (Wildman–Crippen MR) is 53.8 cm³/mol. The number of terminal acetylenes is 2. The average Bonchev–Trinajstić information content (AvgIpc) is 2.14. The second-order valence-electron chi connectivity index (χ2n) is 2.72. The molecule has 0 heterocycles. The highest BCUT2D eigenvalue weighted by molar-refractivity contribution is 5.76. The zero-order valence-corrected chi connectivity index (χ0v) is 8.05.